The lowest BCUT2D eigenvalue weighted by Crippen LogP contribution is -2.34. The molecule has 1 aliphatic heterocycles. The van der Waals surface area contributed by atoms with Gasteiger partial charge in [0.2, 0.25) is 10.0 Å². The second kappa shape index (κ2) is 5.38. The van der Waals surface area contributed by atoms with Crippen molar-refractivity contribution < 1.29 is 8.42 Å². The number of aromatic amines is 1. The first-order valence-electron chi connectivity index (χ1n) is 6.13. The monoisotopic (exact) mass is 272 g/mol. The molecule has 0 atom stereocenters. The van der Waals surface area contributed by atoms with Crippen LogP contribution in [0.3, 0.4) is 0 Å². The Morgan fingerprint density at radius 3 is 2.72 bits per heavy atom. The fourth-order valence-electron chi connectivity index (χ4n) is 2.20. The standard InChI is InChI=1S/C11H20N4O2S/c1-10-11(13-9-12-10)8-14-4-3-5-15(7-6-14)18(2,16)17/h9H,3-8H2,1-2H3,(H,12,13). The molecule has 1 fully saturated rings. The second-order valence-electron chi connectivity index (χ2n) is 4.77. The highest BCUT2D eigenvalue weighted by molar-refractivity contribution is 7.88. The Morgan fingerprint density at radius 1 is 1.33 bits per heavy atom. The Morgan fingerprint density at radius 2 is 2.11 bits per heavy atom. The minimum atomic E-state index is -3.06. The van der Waals surface area contributed by atoms with Gasteiger partial charge in [0.05, 0.1) is 18.3 Å². The Balaban J connectivity index is 1.96. The van der Waals surface area contributed by atoms with Crippen LogP contribution in [0.1, 0.15) is 17.8 Å². The van der Waals surface area contributed by atoms with E-state index >= 15 is 0 Å². The SMILES string of the molecule is Cc1[nH]cnc1CN1CCCN(S(C)(=O)=O)CC1. The number of hydrogen-bond donors (Lipinski definition) is 1. The molecule has 1 N–H and O–H groups in total. The summed E-state index contributed by atoms with van der Waals surface area (Å²) in [5.41, 5.74) is 2.13. The van der Waals surface area contributed by atoms with Gasteiger partial charge in [0, 0.05) is 31.9 Å². The summed E-state index contributed by atoms with van der Waals surface area (Å²) in [6.45, 7) is 5.66. The van der Waals surface area contributed by atoms with Crippen LogP contribution < -0.4 is 0 Å². The Bertz CT molecular complexity index is 497. The van der Waals surface area contributed by atoms with E-state index in [2.05, 4.69) is 14.9 Å². The predicted molar refractivity (Wildman–Crippen MR) is 69.6 cm³/mol. The van der Waals surface area contributed by atoms with Crippen molar-refractivity contribution in [2.75, 3.05) is 32.4 Å². The molecule has 0 aromatic carbocycles. The van der Waals surface area contributed by atoms with Crippen molar-refractivity contribution >= 4 is 10.0 Å². The van der Waals surface area contributed by atoms with E-state index in [0.717, 1.165) is 37.4 Å². The van der Waals surface area contributed by atoms with Gasteiger partial charge in [-0.2, -0.15) is 0 Å². The van der Waals surface area contributed by atoms with Gasteiger partial charge in [0.15, 0.2) is 0 Å². The molecule has 102 valence electrons. The van der Waals surface area contributed by atoms with Gasteiger partial charge >= 0.3 is 0 Å². The van der Waals surface area contributed by atoms with Gasteiger partial charge in [-0.25, -0.2) is 17.7 Å². The third-order valence-corrected chi connectivity index (χ3v) is 4.63. The summed E-state index contributed by atoms with van der Waals surface area (Å²) in [5, 5.41) is 0. The van der Waals surface area contributed by atoms with Crippen molar-refractivity contribution in [2.45, 2.75) is 19.9 Å². The van der Waals surface area contributed by atoms with Gasteiger partial charge in [-0.15, -0.1) is 0 Å². The molecule has 6 nitrogen and oxygen atoms in total. The second-order valence-corrected chi connectivity index (χ2v) is 6.75. The average molecular weight is 272 g/mol. The number of H-pyrrole nitrogens is 1. The van der Waals surface area contributed by atoms with E-state index in [1.54, 1.807) is 10.6 Å². The van der Waals surface area contributed by atoms with E-state index in [9.17, 15) is 8.42 Å². The molecule has 2 rings (SSSR count). The van der Waals surface area contributed by atoms with Crippen LogP contribution in [0.4, 0.5) is 0 Å². The highest BCUT2D eigenvalue weighted by Gasteiger charge is 2.21. The lowest BCUT2D eigenvalue weighted by atomic mass is 10.3. The van der Waals surface area contributed by atoms with E-state index in [-0.39, 0.29) is 0 Å². The Kier molecular flexibility index (Phi) is 4.04. The molecule has 1 aromatic heterocycles. The maximum atomic E-state index is 11.5. The zero-order chi connectivity index (χ0) is 13.2. The van der Waals surface area contributed by atoms with Crippen molar-refractivity contribution in [3.63, 3.8) is 0 Å². The number of imidazole rings is 1. The molecule has 0 spiro atoms. The van der Waals surface area contributed by atoms with Crippen LogP contribution in [0.5, 0.6) is 0 Å². The molecule has 1 aliphatic rings. The van der Waals surface area contributed by atoms with E-state index in [4.69, 9.17) is 0 Å². The number of sulfonamides is 1. The van der Waals surface area contributed by atoms with Crippen LogP contribution in [0.2, 0.25) is 0 Å². The highest BCUT2D eigenvalue weighted by Crippen LogP contribution is 2.11. The van der Waals surface area contributed by atoms with E-state index in [1.165, 1.54) is 6.26 Å². The van der Waals surface area contributed by atoms with Crippen molar-refractivity contribution in [1.29, 1.82) is 0 Å². The summed E-state index contributed by atoms with van der Waals surface area (Å²) in [6, 6.07) is 0. The summed E-state index contributed by atoms with van der Waals surface area (Å²) in [6.07, 6.45) is 3.85. The molecule has 18 heavy (non-hydrogen) atoms. The topological polar surface area (TPSA) is 69.3 Å². The Hall–Kier alpha value is -0.920. The van der Waals surface area contributed by atoms with Gasteiger partial charge in [-0.1, -0.05) is 0 Å². The van der Waals surface area contributed by atoms with Crippen LogP contribution in [0, 0.1) is 6.92 Å². The molecule has 2 heterocycles. The van der Waals surface area contributed by atoms with Gasteiger partial charge in [-0.3, -0.25) is 4.90 Å². The van der Waals surface area contributed by atoms with Crippen LogP contribution in [0.15, 0.2) is 6.33 Å². The van der Waals surface area contributed by atoms with Crippen LogP contribution in [-0.2, 0) is 16.6 Å². The molecule has 0 amide bonds. The minimum absolute atomic E-state index is 0.572. The maximum Gasteiger partial charge on any atom is 0.211 e. The van der Waals surface area contributed by atoms with Crippen LogP contribution in [0.25, 0.3) is 0 Å². The number of nitrogens with zero attached hydrogens (tertiary/aromatic N) is 3. The normalized spacial score (nSPS) is 19.9. The molecule has 0 radical (unpaired) electrons. The van der Waals surface area contributed by atoms with Gasteiger partial charge in [0.25, 0.3) is 0 Å². The van der Waals surface area contributed by atoms with E-state index in [0.29, 0.717) is 13.1 Å². The van der Waals surface area contributed by atoms with E-state index in [1.807, 2.05) is 6.92 Å². The van der Waals surface area contributed by atoms with Gasteiger partial charge < -0.3 is 4.98 Å². The number of rotatable bonds is 3. The lowest BCUT2D eigenvalue weighted by Gasteiger charge is -2.20. The molecule has 7 heteroatoms. The minimum Gasteiger partial charge on any atom is -0.348 e. The molecular formula is C11H20N4O2S. The lowest BCUT2D eigenvalue weighted by molar-refractivity contribution is 0.275. The number of hydrogen-bond acceptors (Lipinski definition) is 4. The van der Waals surface area contributed by atoms with Crippen LogP contribution in [-0.4, -0.2) is 60.0 Å². The number of aromatic nitrogens is 2. The first-order chi connectivity index (χ1) is 8.47. The molecule has 1 saturated heterocycles. The third-order valence-electron chi connectivity index (χ3n) is 3.32. The zero-order valence-electron chi connectivity index (χ0n) is 10.9. The summed E-state index contributed by atoms with van der Waals surface area (Å²) in [4.78, 5) is 9.60. The predicted octanol–water partition coefficient (Wildman–Crippen LogP) is 0.185. The molecule has 0 bridgehead atoms. The molecular weight excluding hydrogens is 252 g/mol. The van der Waals surface area contributed by atoms with Gasteiger partial charge in [0.1, 0.15) is 0 Å². The highest BCUT2D eigenvalue weighted by atomic mass is 32.2. The first-order valence-corrected chi connectivity index (χ1v) is 7.98. The smallest absolute Gasteiger partial charge is 0.211 e. The fourth-order valence-corrected chi connectivity index (χ4v) is 3.07. The maximum absolute atomic E-state index is 11.5. The van der Waals surface area contributed by atoms with Gasteiger partial charge in [-0.05, 0) is 19.9 Å². The number of nitrogens with one attached hydrogen (secondary N) is 1. The summed E-state index contributed by atoms with van der Waals surface area (Å²) >= 11 is 0. The largest absolute Gasteiger partial charge is 0.348 e. The summed E-state index contributed by atoms with van der Waals surface area (Å²) in [5.74, 6) is 0. The van der Waals surface area contributed by atoms with E-state index < -0.39 is 10.0 Å². The van der Waals surface area contributed by atoms with Crippen molar-refractivity contribution in [1.82, 2.24) is 19.2 Å². The number of aryl methyl sites for hydroxylation is 1. The summed E-state index contributed by atoms with van der Waals surface area (Å²) < 4.78 is 24.6. The average Bonchev–Trinajstić information content (AvgIpc) is 2.54. The third kappa shape index (κ3) is 3.30. The Labute approximate surface area is 108 Å². The summed E-state index contributed by atoms with van der Waals surface area (Å²) in [7, 11) is -3.06. The zero-order valence-corrected chi connectivity index (χ0v) is 11.7. The van der Waals surface area contributed by atoms with Crippen LogP contribution >= 0.6 is 0 Å². The fraction of sp³-hybridized carbons (Fsp3) is 0.727. The molecule has 0 saturated carbocycles. The van der Waals surface area contributed by atoms with Crippen molar-refractivity contribution in [2.24, 2.45) is 0 Å². The van der Waals surface area contributed by atoms with Crippen molar-refractivity contribution in [3.05, 3.63) is 17.7 Å². The quantitative estimate of drug-likeness (QED) is 0.852. The molecule has 0 aliphatic carbocycles. The molecule has 0 unspecified atom stereocenters. The first kappa shape index (κ1) is 13.5. The molecule has 1 aromatic rings. The van der Waals surface area contributed by atoms with Crippen molar-refractivity contribution in [3.8, 4) is 0 Å².